The molecule has 0 atom stereocenters. The highest BCUT2D eigenvalue weighted by Gasteiger charge is 2.07. The molecule has 2 N–H and O–H groups in total. The number of nitrogens with zero attached hydrogens (tertiary/aromatic N) is 1. The molecule has 0 fully saturated rings. The van der Waals surface area contributed by atoms with E-state index in [1.54, 1.807) is 31.5 Å². The number of benzene rings is 1. The molecule has 0 heterocycles. The molecule has 7 nitrogen and oxygen atoms in total. The Kier molecular flexibility index (Phi) is 7.87. The molecule has 0 amide bonds. The molecular weight excluding hydrogens is 306 g/mol. The zero-order valence-electron chi connectivity index (χ0n) is 12.7. The summed E-state index contributed by atoms with van der Waals surface area (Å²) < 4.78 is 15.1. The van der Waals surface area contributed by atoms with E-state index in [1.165, 1.54) is 14.0 Å². The third-order valence-electron chi connectivity index (χ3n) is 2.41. The minimum atomic E-state index is -0.408. The second-order valence-electron chi connectivity index (χ2n) is 4.12. The van der Waals surface area contributed by atoms with Crippen molar-refractivity contribution in [2.75, 3.05) is 27.4 Å². The van der Waals surface area contributed by atoms with Gasteiger partial charge in [-0.1, -0.05) is 0 Å². The molecule has 0 saturated carbocycles. The number of esters is 1. The zero-order valence-corrected chi connectivity index (χ0v) is 13.5. The van der Waals surface area contributed by atoms with Gasteiger partial charge in [-0.05, 0) is 36.0 Å². The van der Waals surface area contributed by atoms with Crippen LogP contribution in [0.4, 0.5) is 0 Å². The number of methoxy groups -OCH3 is 2. The van der Waals surface area contributed by atoms with Gasteiger partial charge in [0.25, 0.3) is 0 Å². The van der Waals surface area contributed by atoms with Crippen LogP contribution in [-0.2, 0) is 9.53 Å². The van der Waals surface area contributed by atoms with Gasteiger partial charge in [-0.25, -0.2) is 0 Å². The molecular formula is C14H19N3O4S. The van der Waals surface area contributed by atoms with Crippen LogP contribution in [0.3, 0.4) is 0 Å². The van der Waals surface area contributed by atoms with Crippen molar-refractivity contribution in [1.29, 1.82) is 0 Å². The fourth-order valence-electron chi connectivity index (χ4n) is 1.48. The Morgan fingerprint density at radius 2 is 2.14 bits per heavy atom. The number of thiocarbonyl (C=S) groups is 1. The highest BCUT2D eigenvalue weighted by molar-refractivity contribution is 7.80. The van der Waals surface area contributed by atoms with Gasteiger partial charge < -0.3 is 19.5 Å². The summed E-state index contributed by atoms with van der Waals surface area (Å²) in [6.07, 6.45) is 1.57. The van der Waals surface area contributed by atoms with Crippen molar-refractivity contribution < 1.29 is 19.0 Å². The lowest BCUT2D eigenvalue weighted by Gasteiger charge is -2.08. The number of rotatable bonds is 7. The van der Waals surface area contributed by atoms with Crippen LogP contribution in [-0.4, -0.2) is 44.7 Å². The van der Waals surface area contributed by atoms with Gasteiger partial charge in [0.2, 0.25) is 0 Å². The molecule has 0 radical (unpaired) electrons. The molecule has 0 aliphatic carbocycles. The first-order chi connectivity index (χ1) is 10.6. The molecule has 0 saturated heterocycles. The number of ether oxygens (including phenoxy) is 3. The largest absolute Gasteiger partial charge is 0.493 e. The molecule has 0 spiro atoms. The van der Waals surface area contributed by atoms with Gasteiger partial charge in [0.05, 0.1) is 19.9 Å². The fraction of sp³-hybridized carbons (Fsp3) is 0.357. The Labute approximate surface area is 134 Å². The van der Waals surface area contributed by atoms with Crippen LogP contribution < -0.4 is 20.2 Å². The van der Waals surface area contributed by atoms with Crippen LogP contribution in [0.15, 0.2) is 23.3 Å². The summed E-state index contributed by atoms with van der Waals surface area (Å²) in [6.45, 7) is 2.49. The standard InChI is InChI=1S/C14H19N3O4S/c1-10(18)21-12-5-4-11(8-13(12)20-3)9-16-17-14(22)15-6-7-19-2/h4-5,8-9H,6-7H2,1-3H3,(H2,15,17,22)/b16-9-. The third kappa shape index (κ3) is 6.51. The maximum absolute atomic E-state index is 11.0. The Balaban J connectivity index is 2.60. The molecule has 0 unspecified atom stereocenters. The van der Waals surface area contributed by atoms with E-state index in [-0.39, 0.29) is 0 Å². The number of hydrogen-bond acceptors (Lipinski definition) is 6. The van der Waals surface area contributed by atoms with Gasteiger partial charge in [0, 0.05) is 20.6 Å². The van der Waals surface area contributed by atoms with Crippen LogP contribution in [0.25, 0.3) is 0 Å². The smallest absolute Gasteiger partial charge is 0.308 e. The molecule has 0 aliphatic rings. The van der Waals surface area contributed by atoms with Gasteiger partial charge in [0.15, 0.2) is 16.6 Å². The van der Waals surface area contributed by atoms with Gasteiger partial charge in [-0.2, -0.15) is 5.10 Å². The zero-order chi connectivity index (χ0) is 16.4. The molecule has 0 aliphatic heterocycles. The molecule has 1 aromatic carbocycles. The fourth-order valence-corrected chi connectivity index (χ4v) is 1.63. The summed E-state index contributed by atoms with van der Waals surface area (Å²) in [5.41, 5.74) is 3.45. The second kappa shape index (κ2) is 9.69. The van der Waals surface area contributed by atoms with Crippen LogP contribution >= 0.6 is 12.2 Å². The topological polar surface area (TPSA) is 81.2 Å². The third-order valence-corrected chi connectivity index (χ3v) is 2.65. The predicted octanol–water partition coefficient (Wildman–Crippen LogP) is 1.06. The predicted molar refractivity (Wildman–Crippen MR) is 87.5 cm³/mol. The number of nitrogens with one attached hydrogen (secondary N) is 2. The summed E-state index contributed by atoms with van der Waals surface area (Å²) in [5.74, 6) is 0.394. The SMILES string of the molecule is COCCNC(=S)N/N=C\c1ccc(OC(C)=O)c(OC)c1. The van der Waals surface area contributed by atoms with Gasteiger partial charge in [0.1, 0.15) is 0 Å². The number of hydrazone groups is 1. The Bertz CT molecular complexity index is 549. The lowest BCUT2D eigenvalue weighted by Crippen LogP contribution is -2.34. The van der Waals surface area contributed by atoms with Crippen molar-refractivity contribution in [3.8, 4) is 11.5 Å². The maximum atomic E-state index is 11.0. The maximum Gasteiger partial charge on any atom is 0.308 e. The minimum Gasteiger partial charge on any atom is -0.493 e. The Hall–Kier alpha value is -2.19. The van der Waals surface area contributed by atoms with Crippen LogP contribution in [0.5, 0.6) is 11.5 Å². The van der Waals surface area contributed by atoms with Crippen molar-refractivity contribution in [2.45, 2.75) is 6.92 Å². The first-order valence-corrected chi connectivity index (χ1v) is 6.90. The lowest BCUT2D eigenvalue weighted by atomic mass is 10.2. The number of carbonyl (C=O) groups is 1. The van der Waals surface area contributed by atoms with Crippen molar-refractivity contribution in [1.82, 2.24) is 10.7 Å². The highest BCUT2D eigenvalue weighted by Crippen LogP contribution is 2.27. The average molecular weight is 325 g/mol. The van der Waals surface area contributed by atoms with Crippen molar-refractivity contribution in [2.24, 2.45) is 5.10 Å². The van der Waals surface area contributed by atoms with E-state index in [0.717, 1.165) is 5.56 Å². The van der Waals surface area contributed by atoms with E-state index in [0.29, 0.717) is 29.8 Å². The van der Waals surface area contributed by atoms with E-state index < -0.39 is 5.97 Å². The number of hydrogen-bond donors (Lipinski definition) is 2. The molecule has 22 heavy (non-hydrogen) atoms. The molecule has 0 bridgehead atoms. The summed E-state index contributed by atoms with van der Waals surface area (Å²) in [7, 11) is 3.11. The average Bonchev–Trinajstić information content (AvgIpc) is 2.48. The normalized spacial score (nSPS) is 10.3. The van der Waals surface area contributed by atoms with Crippen molar-refractivity contribution in [3.05, 3.63) is 23.8 Å². The second-order valence-corrected chi connectivity index (χ2v) is 4.53. The lowest BCUT2D eigenvalue weighted by molar-refractivity contribution is -0.132. The van der Waals surface area contributed by atoms with Crippen molar-refractivity contribution >= 4 is 29.5 Å². The van der Waals surface area contributed by atoms with Gasteiger partial charge in [-0.3, -0.25) is 10.2 Å². The number of carbonyl (C=O) groups excluding carboxylic acids is 1. The monoisotopic (exact) mass is 325 g/mol. The quantitative estimate of drug-likeness (QED) is 0.194. The summed E-state index contributed by atoms with van der Waals surface area (Å²) in [5, 5.41) is 7.33. The van der Waals surface area contributed by atoms with Crippen LogP contribution in [0, 0.1) is 0 Å². The Morgan fingerprint density at radius 1 is 1.36 bits per heavy atom. The molecule has 1 aromatic rings. The summed E-state index contributed by atoms with van der Waals surface area (Å²) in [6, 6.07) is 5.08. The van der Waals surface area contributed by atoms with E-state index >= 15 is 0 Å². The van der Waals surface area contributed by atoms with Gasteiger partial charge in [-0.15, -0.1) is 0 Å². The summed E-state index contributed by atoms with van der Waals surface area (Å²) in [4.78, 5) is 11.0. The first kappa shape index (κ1) is 17.9. The highest BCUT2D eigenvalue weighted by atomic mass is 32.1. The van der Waals surface area contributed by atoms with Gasteiger partial charge >= 0.3 is 5.97 Å². The van der Waals surface area contributed by atoms with Crippen molar-refractivity contribution in [3.63, 3.8) is 0 Å². The minimum absolute atomic E-state index is 0.358. The Morgan fingerprint density at radius 3 is 2.77 bits per heavy atom. The van der Waals surface area contributed by atoms with Crippen LogP contribution in [0.2, 0.25) is 0 Å². The molecule has 120 valence electrons. The molecule has 8 heteroatoms. The summed E-state index contributed by atoms with van der Waals surface area (Å²) >= 11 is 5.03. The van der Waals surface area contributed by atoms with E-state index in [9.17, 15) is 4.79 Å². The van der Waals surface area contributed by atoms with Crippen LogP contribution in [0.1, 0.15) is 12.5 Å². The first-order valence-electron chi connectivity index (χ1n) is 6.49. The van der Waals surface area contributed by atoms with E-state index in [2.05, 4.69) is 15.8 Å². The van der Waals surface area contributed by atoms with E-state index in [4.69, 9.17) is 26.4 Å². The van der Waals surface area contributed by atoms with E-state index in [1.807, 2.05) is 0 Å². The molecule has 1 rings (SSSR count). The molecule has 0 aromatic heterocycles.